The van der Waals surface area contributed by atoms with Crippen LogP contribution in [0.2, 0.25) is 0 Å². The number of hydrogen-bond donors (Lipinski definition) is 1. The van der Waals surface area contributed by atoms with Gasteiger partial charge in [-0.1, -0.05) is 0 Å². The van der Waals surface area contributed by atoms with Gasteiger partial charge in [-0.15, -0.1) is 0 Å². The van der Waals surface area contributed by atoms with Gasteiger partial charge in [0.15, 0.2) is 0 Å². The first-order valence-electron chi connectivity index (χ1n) is 6.88. The first-order chi connectivity index (χ1) is 9.65. The van der Waals surface area contributed by atoms with E-state index in [9.17, 15) is 9.59 Å². The Hall–Kier alpha value is -1.82. The van der Waals surface area contributed by atoms with Gasteiger partial charge in [-0.3, -0.25) is 9.59 Å². The summed E-state index contributed by atoms with van der Waals surface area (Å²) in [6.07, 6.45) is 5.64. The molecule has 6 heteroatoms. The van der Waals surface area contributed by atoms with Crippen molar-refractivity contribution in [3.05, 3.63) is 28.7 Å². The lowest BCUT2D eigenvalue weighted by atomic mass is 10.1. The second-order valence-electron chi connectivity index (χ2n) is 4.93. The molecule has 0 spiro atoms. The van der Waals surface area contributed by atoms with Crippen LogP contribution in [0.25, 0.3) is 0 Å². The zero-order chi connectivity index (χ0) is 14.4. The molecule has 1 atom stereocenters. The maximum absolute atomic E-state index is 11.6. The van der Waals surface area contributed by atoms with Crippen molar-refractivity contribution in [2.45, 2.75) is 38.3 Å². The molecular formula is C14H20N2O4. The molecule has 1 saturated heterocycles. The summed E-state index contributed by atoms with van der Waals surface area (Å²) >= 11 is 0. The topological polar surface area (TPSA) is 83.6 Å². The number of hydrogen-bond acceptors (Lipinski definition) is 5. The number of ether oxygens (including phenoxy) is 2. The lowest BCUT2D eigenvalue weighted by Crippen LogP contribution is -2.24. The van der Waals surface area contributed by atoms with Gasteiger partial charge in [-0.25, -0.2) is 0 Å². The van der Waals surface area contributed by atoms with Crippen molar-refractivity contribution in [1.29, 1.82) is 0 Å². The van der Waals surface area contributed by atoms with Crippen LogP contribution in [0.5, 0.6) is 0 Å². The number of anilines is 1. The lowest BCUT2D eigenvalue weighted by Gasteiger charge is -2.10. The van der Waals surface area contributed by atoms with Crippen LogP contribution in [0, 0.1) is 0 Å². The summed E-state index contributed by atoms with van der Waals surface area (Å²) in [7, 11) is 0. The monoisotopic (exact) mass is 280 g/mol. The van der Waals surface area contributed by atoms with E-state index in [1.807, 2.05) is 0 Å². The van der Waals surface area contributed by atoms with E-state index in [-0.39, 0.29) is 12.1 Å². The number of nitrogen functional groups attached to an aromatic ring is 1. The van der Waals surface area contributed by atoms with Crippen LogP contribution in [0.1, 0.15) is 25.7 Å². The molecule has 1 aromatic heterocycles. The highest BCUT2D eigenvalue weighted by Crippen LogP contribution is 2.16. The van der Waals surface area contributed by atoms with E-state index >= 15 is 0 Å². The first-order valence-corrected chi connectivity index (χ1v) is 6.88. The van der Waals surface area contributed by atoms with Crippen molar-refractivity contribution in [3.63, 3.8) is 0 Å². The largest absolute Gasteiger partial charge is 0.464 e. The maximum atomic E-state index is 11.6. The number of carbonyl (C=O) groups excluding carboxylic acids is 1. The normalized spacial score (nSPS) is 18.1. The molecular weight excluding hydrogens is 260 g/mol. The van der Waals surface area contributed by atoms with Crippen LogP contribution >= 0.6 is 0 Å². The van der Waals surface area contributed by atoms with Gasteiger partial charge in [0.05, 0.1) is 12.7 Å². The van der Waals surface area contributed by atoms with Crippen LogP contribution in [0.15, 0.2) is 23.1 Å². The van der Waals surface area contributed by atoms with Gasteiger partial charge in [-0.2, -0.15) is 0 Å². The molecule has 2 N–H and O–H groups in total. The predicted molar refractivity (Wildman–Crippen MR) is 74.3 cm³/mol. The predicted octanol–water partition coefficient (Wildman–Crippen LogP) is 0.933. The number of esters is 1. The average Bonchev–Trinajstić information content (AvgIpc) is 2.92. The zero-order valence-corrected chi connectivity index (χ0v) is 11.4. The minimum absolute atomic E-state index is 0.107. The molecule has 1 fully saturated rings. The van der Waals surface area contributed by atoms with Crippen LogP contribution in [-0.2, 0) is 20.8 Å². The Morgan fingerprint density at radius 3 is 3.10 bits per heavy atom. The van der Waals surface area contributed by atoms with Gasteiger partial charge in [0.1, 0.15) is 6.54 Å². The summed E-state index contributed by atoms with van der Waals surface area (Å²) < 4.78 is 11.8. The maximum Gasteiger partial charge on any atom is 0.326 e. The summed E-state index contributed by atoms with van der Waals surface area (Å²) in [4.78, 5) is 23.1. The highest BCUT2D eigenvalue weighted by molar-refractivity contribution is 5.69. The summed E-state index contributed by atoms with van der Waals surface area (Å²) in [5.41, 5.74) is 5.74. The summed E-state index contributed by atoms with van der Waals surface area (Å²) in [6.45, 7) is 1.09. The van der Waals surface area contributed by atoms with Crippen molar-refractivity contribution in [2.24, 2.45) is 0 Å². The van der Waals surface area contributed by atoms with Crippen LogP contribution in [-0.4, -0.2) is 29.9 Å². The minimum atomic E-state index is -0.426. The summed E-state index contributed by atoms with van der Waals surface area (Å²) in [5, 5.41) is 0. The SMILES string of the molecule is Nc1ccc(=O)n(CC(=O)OCCCC2CCCO2)c1. The molecule has 1 aliphatic heterocycles. The van der Waals surface area contributed by atoms with Crippen molar-refractivity contribution in [3.8, 4) is 0 Å². The Balaban J connectivity index is 1.69. The molecule has 6 nitrogen and oxygen atoms in total. The number of carbonyl (C=O) groups is 1. The Morgan fingerprint density at radius 2 is 2.35 bits per heavy atom. The van der Waals surface area contributed by atoms with Crippen LogP contribution in [0.3, 0.4) is 0 Å². The van der Waals surface area contributed by atoms with Gasteiger partial charge in [0.2, 0.25) is 0 Å². The first kappa shape index (κ1) is 14.6. The number of nitrogens with two attached hydrogens (primary N) is 1. The van der Waals surface area contributed by atoms with Gasteiger partial charge in [0.25, 0.3) is 5.56 Å². The molecule has 0 saturated carbocycles. The highest BCUT2D eigenvalue weighted by atomic mass is 16.5. The molecule has 0 aliphatic carbocycles. The third-order valence-electron chi connectivity index (χ3n) is 3.26. The molecule has 0 radical (unpaired) electrons. The van der Waals surface area contributed by atoms with E-state index < -0.39 is 5.97 Å². The van der Waals surface area contributed by atoms with Gasteiger partial charge in [-0.05, 0) is 31.7 Å². The van der Waals surface area contributed by atoms with Crippen LogP contribution in [0.4, 0.5) is 5.69 Å². The van der Waals surface area contributed by atoms with Gasteiger partial charge >= 0.3 is 5.97 Å². The van der Waals surface area contributed by atoms with Gasteiger partial charge < -0.3 is 19.8 Å². The second-order valence-corrected chi connectivity index (χ2v) is 4.93. The second kappa shape index (κ2) is 7.09. The highest BCUT2D eigenvalue weighted by Gasteiger charge is 2.15. The van der Waals surface area contributed by atoms with Crippen LogP contribution < -0.4 is 11.3 Å². The molecule has 1 aromatic rings. The van der Waals surface area contributed by atoms with E-state index in [4.69, 9.17) is 15.2 Å². The van der Waals surface area contributed by atoms with E-state index in [1.54, 1.807) is 0 Å². The number of nitrogens with zero attached hydrogens (tertiary/aromatic N) is 1. The fraction of sp³-hybridized carbons (Fsp3) is 0.571. The summed E-state index contributed by atoms with van der Waals surface area (Å²) in [5.74, 6) is -0.426. The number of pyridine rings is 1. The van der Waals surface area contributed by atoms with E-state index in [0.29, 0.717) is 18.4 Å². The Morgan fingerprint density at radius 1 is 1.50 bits per heavy atom. The van der Waals surface area contributed by atoms with E-state index in [0.717, 1.165) is 32.3 Å². The minimum Gasteiger partial charge on any atom is -0.464 e. The zero-order valence-electron chi connectivity index (χ0n) is 11.4. The summed E-state index contributed by atoms with van der Waals surface area (Å²) in [6, 6.07) is 2.84. The molecule has 1 unspecified atom stereocenters. The molecule has 0 bridgehead atoms. The Kier molecular flexibility index (Phi) is 5.17. The Labute approximate surface area is 117 Å². The van der Waals surface area contributed by atoms with E-state index in [1.165, 1.54) is 22.9 Å². The molecule has 0 aromatic carbocycles. The third kappa shape index (κ3) is 4.38. The lowest BCUT2D eigenvalue weighted by molar-refractivity contribution is -0.144. The number of rotatable bonds is 6. The van der Waals surface area contributed by atoms with Crippen molar-refractivity contribution in [2.75, 3.05) is 18.9 Å². The van der Waals surface area contributed by atoms with Crippen molar-refractivity contribution < 1.29 is 14.3 Å². The van der Waals surface area contributed by atoms with Gasteiger partial charge in [0, 0.05) is 24.6 Å². The smallest absolute Gasteiger partial charge is 0.326 e. The fourth-order valence-electron chi connectivity index (χ4n) is 2.23. The molecule has 110 valence electrons. The number of aromatic nitrogens is 1. The molecule has 1 aliphatic rings. The van der Waals surface area contributed by atoms with Crippen molar-refractivity contribution in [1.82, 2.24) is 4.57 Å². The fourth-order valence-corrected chi connectivity index (χ4v) is 2.23. The quantitative estimate of drug-likeness (QED) is 0.619. The standard InChI is InChI=1S/C14H20N2O4/c15-11-5-6-13(17)16(9-11)10-14(18)20-8-2-4-12-3-1-7-19-12/h5-6,9,12H,1-4,7-8,10,15H2. The Bertz CT molecular complexity index is 506. The van der Waals surface area contributed by atoms with Crippen molar-refractivity contribution >= 4 is 11.7 Å². The third-order valence-corrected chi connectivity index (χ3v) is 3.26. The molecule has 2 heterocycles. The molecule has 2 rings (SSSR count). The average molecular weight is 280 g/mol. The van der Waals surface area contributed by atoms with E-state index in [2.05, 4.69) is 0 Å². The molecule has 0 amide bonds. The molecule has 20 heavy (non-hydrogen) atoms.